The Bertz CT molecular complexity index is 1440. The zero-order valence-corrected chi connectivity index (χ0v) is 18.4. The second-order valence-corrected chi connectivity index (χ2v) is 8.10. The van der Waals surface area contributed by atoms with E-state index in [0.29, 0.717) is 37.8 Å². The Morgan fingerprint density at radius 3 is 2.50 bits per heavy atom. The van der Waals surface area contributed by atoms with Crippen LogP contribution in [0, 0.1) is 0 Å². The maximum atomic E-state index is 12.6. The highest BCUT2D eigenvalue weighted by Gasteiger charge is 2.27. The predicted octanol–water partition coefficient (Wildman–Crippen LogP) is 4.00. The predicted molar refractivity (Wildman–Crippen MR) is 126 cm³/mol. The highest BCUT2D eigenvalue weighted by atomic mass is 16.6. The van der Waals surface area contributed by atoms with Gasteiger partial charge in [0.1, 0.15) is 6.61 Å². The van der Waals surface area contributed by atoms with E-state index in [9.17, 15) is 4.79 Å². The first-order valence-electron chi connectivity index (χ1n) is 11.2. The Morgan fingerprint density at radius 2 is 1.71 bits per heavy atom. The van der Waals surface area contributed by atoms with Crippen molar-refractivity contribution in [3.8, 4) is 11.6 Å². The zero-order chi connectivity index (χ0) is 22.9. The third-order valence-corrected chi connectivity index (χ3v) is 6.00. The molecule has 0 saturated carbocycles. The number of furan rings is 1. The molecule has 4 heterocycles. The average molecular weight is 454 g/mol. The Labute approximate surface area is 195 Å². The number of ether oxygens (including phenoxy) is 1. The summed E-state index contributed by atoms with van der Waals surface area (Å²) in [4.78, 5) is 21.4. The van der Waals surface area contributed by atoms with Crippen LogP contribution in [-0.4, -0.2) is 56.8 Å². The van der Waals surface area contributed by atoms with Crippen LogP contribution in [0.15, 0.2) is 77.4 Å². The Balaban J connectivity index is 1.27. The summed E-state index contributed by atoms with van der Waals surface area (Å²) in [6, 6.07) is 21.2. The lowest BCUT2D eigenvalue weighted by molar-refractivity contribution is 0.0940. The van der Waals surface area contributed by atoms with E-state index in [1.165, 1.54) is 0 Å². The third-order valence-electron chi connectivity index (χ3n) is 6.00. The van der Waals surface area contributed by atoms with Gasteiger partial charge >= 0.3 is 6.09 Å². The van der Waals surface area contributed by atoms with Crippen LogP contribution in [-0.2, 0) is 11.3 Å². The molecule has 1 fully saturated rings. The van der Waals surface area contributed by atoms with Crippen LogP contribution in [0.4, 0.5) is 10.7 Å². The molecule has 1 aliphatic rings. The molecular weight excluding hydrogens is 432 g/mol. The SMILES string of the molecule is O=C(OCc1ccccc1)N1CCN(c2nc3ccccc3c3nnc(-c4ccco4)n23)CC1. The van der Waals surface area contributed by atoms with E-state index >= 15 is 0 Å². The molecule has 9 heteroatoms. The van der Waals surface area contributed by atoms with E-state index in [4.69, 9.17) is 14.1 Å². The van der Waals surface area contributed by atoms with Crippen LogP contribution < -0.4 is 4.90 Å². The molecule has 0 aliphatic carbocycles. The maximum absolute atomic E-state index is 12.6. The molecule has 0 N–H and O–H groups in total. The number of carbonyl (C=O) groups is 1. The van der Waals surface area contributed by atoms with E-state index in [1.807, 2.05) is 71.1 Å². The molecule has 1 aliphatic heterocycles. The second kappa shape index (κ2) is 8.51. The Kier molecular flexibility index (Phi) is 5.06. The number of amides is 1. The minimum atomic E-state index is -0.305. The quantitative estimate of drug-likeness (QED) is 0.406. The van der Waals surface area contributed by atoms with Gasteiger partial charge in [-0.3, -0.25) is 0 Å². The molecule has 1 amide bonds. The molecule has 0 bridgehead atoms. The molecule has 0 unspecified atom stereocenters. The van der Waals surface area contributed by atoms with Gasteiger partial charge in [-0.25, -0.2) is 14.2 Å². The molecule has 170 valence electrons. The number of fused-ring (bicyclic) bond motifs is 3. The van der Waals surface area contributed by atoms with E-state index in [1.54, 1.807) is 11.2 Å². The fourth-order valence-electron chi connectivity index (χ4n) is 4.24. The molecule has 1 saturated heterocycles. The Morgan fingerprint density at radius 1 is 0.912 bits per heavy atom. The standard InChI is InChI=1S/C25H22N6O3/c32-25(34-17-18-7-2-1-3-8-18)30-14-12-29(13-15-30)24-26-20-10-5-4-9-19(20)22-27-28-23(31(22)24)21-11-6-16-33-21/h1-11,16H,12-15,17H2. The minimum Gasteiger partial charge on any atom is -0.461 e. The van der Waals surface area contributed by atoms with Crippen molar-refractivity contribution in [2.45, 2.75) is 6.61 Å². The number of hydrogen-bond acceptors (Lipinski definition) is 7. The van der Waals surface area contributed by atoms with Gasteiger partial charge in [-0.1, -0.05) is 42.5 Å². The van der Waals surface area contributed by atoms with Gasteiger partial charge in [-0.2, -0.15) is 0 Å². The first kappa shape index (κ1) is 20.2. The molecule has 0 spiro atoms. The minimum absolute atomic E-state index is 0.264. The lowest BCUT2D eigenvalue weighted by Gasteiger charge is -2.35. The van der Waals surface area contributed by atoms with E-state index < -0.39 is 0 Å². The fourth-order valence-corrected chi connectivity index (χ4v) is 4.24. The normalized spacial score (nSPS) is 14.1. The van der Waals surface area contributed by atoms with Crippen LogP contribution in [0.25, 0.3) is 28.1 Å². The van der Waals surface area contributed by atoms with Gasteiger partial charge in [0.25, 0.3) is 0 Å². The van der Waals surface area contributed by atoms with Crippen molar-refractivity contribution in [2.75, 3.05) is 31.1 Å². The summed E-state index contributed by atoms with van der Waals surface area (Å²) >= 11 is 0. The summed E-state index contributed by atoms with van der Waals surface area (Å²) in [5.41, 5.74) is 2.53. The van der Waals surface area contributed by atoms with Crippen molar-refractivity contribution in [2.24, 2.45) is 0 Å². The topological polar surface area (TPSA) is 89.0 Å². The summed E-state index contributed by atoms with van der Waals surface area (Å²) in [5.74, 6) is 1.94. The number of benzene rings is 2. The van der Waals surface area contributed by atoms with Gasteiger partial charge in [0, 0.05) is 31.6 Å². The zero-order valence-electron chi connectivity index (χ0n) is 18.4. The smallest absolute Gasteiger partial charge is 0.410 e. The number of para-hydroxylation sites is 1. The monoisotopic (exact) mass is 454 g/mol. The number of nitrogens with zero attached hydrogens (tertiary/aromatic N) is 6. The summed E-state index contributed by atoms with van der Waals surface area (Å²) in [6.07, 6.45) is 1.31. The van der Waals surface area contributed by atoms with Gasteiger partial charge in [-0.15, -0.1) is 10.2 Å². The molecule has 5 aromatic rings. The van der Waals surface area contributed by atoms with Gasteiger partial charge in [-0.05, 0) is 29.8 Å². The third kappa shape index (κ3) is 3.61. The summed E-state index contributed by atoms with van der Waals surface area (Å²) in [7, 11) is 0. The molecule has 3 aromatic heterocycles. The van der Waals surface area contributed by atoms with E-state index in [2.05, 4.69) is 15.1 Å². The van der Waals surface area contributed by atoms with Gasteiger partial charge in [0.05, 0.1) is 11.8 Å². The number of aromatic nitrogens is 4. The fraction of sp³-hybridized carbons (Fsp3) is 0.200. The molecule has 6 rings (SSSR count). The second-order valence-electron chi connectivity index (χ2n) is 8.10. The van der Waals surface area contributed by atoms with Crippen molar-refractivity contribution in [3.63, 3.8) is 0 Å². The summed E-state index contributed by atoms with van der Waals surface area (Å²) in [5, 5.41) is 9.78. The lowest BCUT2D eigenvalue weighted by Crippen LogP contribution is -2.49. The first-order chi connectivity index (χ1) is 16.8. The molecule has 2 aromatic carbocycles. The van der Waals surface area contributed by atoms with Crippen LogP contribution in [0.3, 0.4) is 0 Å². The van der Waals surface area contributed by atoms with Crippen molar-refractivity contribution in [1.29, 1.82) is 0 Å². The molecule has 9 nitrogen and oxygen atoms in total. The van der Waals surface area contributed by atoms with Crippen molar-refractivity contribution < 1.29 is 13.9 Å². The van der Waals surface area contributed by atoms with Crippen molar-refractivity contribution in [3.05, 3.63) is 78.6 Å². The van der Waals surface area contributed by atoms with E-state index in [-0.39, 0.29) is 12.7 Å². The summed E-state index contributed by atoms with van der Waals surface area (Å²) in [6.45, 7) is 2.54. The van der Waals surface area contributed by atoms with Crippen molar-refractivity contribution in [1.82, 2.24) is 24.5 Å². The van der Waals surface area contributed by atoms with Crippen LogP contribution in [0.1, 0.15) is 5.56 Å². The Hall–Kier alpha value is -4.40. The van der Waals surface area contributed by atoms with Crippen LogP contribution in [0.2, 0.25) is 0 Å². The molecule has 0 radical (unpaired) electrons. The number of rotatable bonds is 4. The highest BCUT2D eigenvalue weighted by molar-refractivity contribution is 5.93. The van der Waals surface area contributed by atoms with Crippen LogP contribution >= 0.6 is 0 Å². The van der Waals surface area contributed by atoms with Gasteiger partial charge in [0.15, 0.2) is 11.4 Å². The molecule has 0 atom stereocenters. The summed E-state index contributed by atoms with van der Waals surface area (Å²) < 4.78 is 13.1. The van der Waals surface area contributed by atoms with Crippen LogP contribution in [0.5, 0.6) is 0 Å². The molecular formula is C25H22N6O3. The average Bonchev–Trinajstić information content (AvgIpc) is 3.58. The first-order valence-corrected chi connectivity index (χ1v) is 11.2. The molecule has 34 heavy (non-hydrogen) atoms. The lowest BCUT2D eigenvalue weighted by atomic mass is 10.2. The number of hydrogen-bond donors (Lipinski definition) is 0. The van der Waals surface area contributed by atoms with Gasteiger partial charge < -0.3 is 19.0 Å². The number of carbonyl (C=O) groups excluding carboxylic acids is 1. The van der Waals surface area contributed by atoms with Crippen molar-refractivity contribution >= 4 is 28.6 Å². The number of anilines is 1. The van der Waals surface area contributed by atoms with Gasteiger partial charge in [0.2, 0.25) is 11.8 Å². The highest BCUT2D eigenvalue weighted by Crippen LogP contribution is 2.29. The largest absolute Gasteiger partial charge is 0.461 e. The maximum Gasteiger partial charge on any atom is 0.410 e. The van der Waals surface area contributed by atoms with E-state index in [0.717, 1.165) is 28.1 Å². The number of piperazine rings is 1.